The molecule has 0 aromatic heterocycles. The van der Waals surface area contributed by atoms with E-state index in [1.54, 1.807) is 6.08 Å². The molecule has 0 unspecified atom stereocenters. The molecule has 0 fully saturated rings. The van der Waals surface area contributed by atoms with Crippen LogP contribution in [0.1, 0.15) is 97.3 Å². The fourth-order valence-corrected chi connectivity index (χ4v) is 2.67. The average molecular weight is 301 g/mol. The molecule has 0 heterocycles. The van der Waals surface area contributed by atoms with Crippen LogP contribution >= 0.6 is 11.6 Å². The Morgan fingerprint density at radius 2 is 1.15 bits per heavy atom. The average Bonchev–Trinajstić information content (AvgIpc) is 2.41. The van der Waals surface area contributed by atoms with E-state index in [9.17, 15) is 4.79 Å². The molecule has 0 aliphatic rings. The largest absolute Gasteiger partial charge is 0.276 e. The maximum Gasteiger partial charge on any atom is 0.245 e. The maximum atomic E-state index is 11.1. The Bertz CT molecular complexity index is 258. The SMILES string of the molecule is CCCCCCCC/C(=C/C(=O)Cl)CCCCCCC. The summed E-state index contributed by atoms with van der Waals surface area (Å²) in [6.07, 6.45) is 18.0. The van der Waals surface area contributed by atoms with Crippen molar-refractivity contribution in [1.82, 2.24) is 0 Å². The first-order valence-corrected chi connectivity index (χ1v) is 8.97. The van der Waals surface area contributed by atoms with Gasteiger partial charge in [-0.25, -0.2) is 0 Å². The Kier molecular flexibility index (Phi) is 14.9. The molecule has 0 radical (unpaired) electrons. The van der Waals surface area contributed by atoms with Crippen molar-refractivity contribution in [3.05, 3.63) is 11.6 Å². The van der Waals surface area contributed by atoms with Gasteiger partial charge in [0, 0.05) is 0 Å². The van der Waals surface area contributed by atoms with Gasteiger partial charge < -0.3 is 0 Å². The Balaban J connectivity index is 3.77. The second-order valence-electron chi connectivity index (χ2n) is 5.79. The standard InChI is InChI=1S/C18H33ClO/c1-3-5-7-9-11-13-15-17(16-18(19)20)14-12-10-8-6-4-2/h16H,3-15H2,1-2H3/b17-16+. The van der Waals surface area contributed by atoms with Crippen LogP contribution in [0.2, 0.25) is 0 Å². The second-order valence-corrected chi connectivity index (χ2v) is 6.16. The molecule has 0 aromatic rings. The predicted octanol–water partition coefficient (Wildman–Crippen LogP) is 6.79. The van der Waals surface area contributed by atoms with Crippen molar-refractivity contribution in [1.29, 1.82) is 0 Å². The van der Waals surface area contributed by atoms with Crippen LogP contribution < -0.4 is 0 Å². The normalized spacial score (nSPS) is 11.8. The highest BCUT2D eigenvalue weighted by Crippen LogP contribution is 2.18. The summed E-state index contributed by atoms with van der Waals surface area (Å²) >= 11 is 5.50. The van der Waals surface area contributed by atoms with Gasteiger partial charge in [0.15, 0.2) is 0 Å². The first-order chi connectivity index (χ1) is 9.70. The molecule has 0 spiro atoms. The Hall–Kier alpha value is -0.300. The molecule has 0 aliphatic heterocycles. The summed E-state index contributed by atoms with van der Waals surface area (Å²) in [6, 6.07) is 0. The van der Waals surface area contributed by atoms with Crippen molar-refractivity contribution >= 4 is 16.8 Å². The summed E-state index contributed by atoms with van der Waals surface area (Å²) in [5.74, 6) is 0. The molecule has 0 N–H and O–H groups in total. The minimum atomic E-state index is -0.306. The molecule has 1 nitrogen and oxygen atoms in total. The van der Waals surface area contributed by atoms with Crippen LogP contribution in [0.4, 0.5) is 0 Å². The molecule has 20 heavy (non-hydrogen) atoms. The summed E-state index contributed by atoms with van der Waals surface area (Å²) < 4.78 is 0. The number of halogens is 1. The molecule has 0 saturated carbocycles. The zero-order valence-electron chi connectivity index (χ0n) is 13.6. The van der Waals surface area contributed by atoms with Crippen molar-refractivity contribution < 1.29 is 4.79 Å². The van der Waals surface area contributed by atoms with Gasteiger partial charge in [-0.3, -0.25) is 4.79 Å². The molecule has 0 bridgehead atoms. The van der Waals surface area contributed by atoms with Crippen molar-refractivity contribution in [3.63, 3.8) is 0 Å². The number of hydrogen-bond donors (Lipinski definition) is 0. The van der Waals surface area contributed by atoms with E-state index in [0.29, 0.717) is 0 Å². The molecule has 0 rings (SSSR count). The molecule has 0 saturated heterocycles. The Labute approximate surface area is 131 Å². The van der Waals surface area contributed by atoms with Crippen LogP contribution in [-0.4, -0.2) is 5.24 Å². The van der Waals surface area contributed by atoms with Crippen molar-refractivity contribution in [2.24, 2.45) is 0 Å². The topological polar surface area (TPSA) is 17.1 Å². The lowest BCUT2D eigenvalue weighted by Gasteiger charge is -2.07. The van der Waals surface area contributed by atoms with Crippen LogP contribution in [0.5, 0.6) is 0 Å². The Morgan fingerprint density at radius 3 is 1.55 bits per heavy atom. The molecular weight excluding hydrogens is 268 g/mol. The molecule has 0 aromatic carbocycles. The lowest BCUT2D eigenvalue weighted by molar-refractivity contribution is -0.107. The molecule has 118 valence electrons. The summed E-state index contributed by atoms with van der Waals surface area (Å²) in [7, 11) is 0. The van der Waals surface area contributed by atoms with Gasteiger partial charge in [-0.2, -0.15) is 0 Å². The van der Waals surface area contributed by atoms with Gasteiger partial charge in [0.1, 0.15) is 0 Å². The molecule has 0 amide bonds. The highest BCUT2D eigenvalue weighted by atomic mass is 35.5. The van der Waals surface area contributed by atoms with Gasteiger partial charge in [-0.15, -0.1) is 0 Å². The van der Waals surface area contributed by atoms with Gasteiger partial charge in [0.2, 0.25) is 5.24 Å². The monoisotopic (exact) mass is 300 g/mol. The quantitative estimate of drug-likeness (QED) is 0.196. The lowest BCUT2D eigenvalue weighted by atomic mass is 9.99. The number of allylic oxidation sites excluding steroid dienone is 2. The maximum absolute atomic E-state index is 11.1. The highest BCUT2D eigenvalue weighted by Gasteiger charge is 2.01. The van der Waals surface area contributed by atoms with Crippen LogP contribution in [0.25, 0.3) is 0 Å². The summed E-state index contributed by atoms with van der Waals surface area (Å²) in [6.45, 7) is 4.47. The van der Waals surface area contributed by atoms with E-state index in [1.807, 2.05) is 0 Å². The fourth-order valence-electron chi connectivity index (χ4n) is 2.52. The molecule has 0 atom stereocenters. The van der Waals surface area contributed by atoms with Crippen LogP contribution in [0, 0.1) is 0 Å². The van der Waals surface area contributed by atoms with E-state index in [4.69, 9.17) is 11.6 Å². The minimum Gasteiger partial charge on any atom is -0.276 e. The van der Waals surface area contributed by atoms with Gasteiger partial charge >= 0.3 is 0 Å². The number of carbonyl (C=O) groups is 1. The number of rotatable bonds is 14. The van der Waals surface area contributed by atoms with Gasteiger partial charge in [-0.05, 0) is 43.4 Å². The predicted molar refractivity (Wildman–Crippen MR) is 90.3 cm³/mol. The van der Waals surface area contributed by atoms with Gasteiger partial charge in [0.05, 0.1) is 0 Å². The third kappa shape index (κ3) is 14.1. The van der Waals surface area contributed by atoms with Crippen molar-refractivity contribution in [2.75, 3.05) is 0 Å². The molecular formula is C18H33ClO. The number of hydrogen-bond acceptors (Lipinski definition) is 1. The van der Waals surface area contributed by atoms with Gasteiger partial charge in [-0.1, -0.05) is 77.2 Å². The van der Waals surface area contributed by atoms with E-state index in [2.05, 4.69) is 13.8 Å². The Morgan fingerprint density at radius 1 is 0.750 bits per heavy atom. The molecule has 0 aliphatic carbocycles. The van der Waals surface area contributed by atoms with E-state index in [0.717, 1.165) is 12.8 Å². The van der Waals surface area contributed by atoms with E-state index < -0.39 is 0 Å². The zero-order valence-corrected chi connectivity index (χ0v) is 14.3. The third-order valence-electron chi connectivity index (χ3n) is 3.77. The fraction of sp³-hybridized carbons (Fsp3) is 0.833. The van der Waals surface area contributed by atoms with E-state index >= 15 is 0 Å². The summed E-state index contributed by atoms with van der Waals surface area (Å²) in [5, 5.41) is -0.306. The molecule has 2 heteroatoms. The highest BCUT2D eigenvalue weighted by molar-refractivity contribution is 6.66. The zero-order chi connectivity index (χ0) is 15.1. The van der Waals surface area contributed by atoms with Crippen LogP contribution in [0.15, 0.2) is 11.6 Å². The van der Waals surface area contributed by atoms with E-state index in [1.165, 1.54) is 76.2 Å². The smallest absolute Gasteiger partial charge is 0.245 e. The first-order valence-electron chi connectivity index (χ1n) is 8.59. The third-order valence-corrected chi connectivity index (χ3v) is 3.88. The van der Waals surface area contributed by atoms with Crippen molar-refractivity contribution in [3.8, 4) is 0 Å². The lowest BCUT2D eigenvalue weighted by Crippen LogP contribution is -1.91. The van der Waals surface area contributed by atoms with Crippen molar-refractivity contribution in [2.45, 2.75) is 97.3 Å². The minimum absolute atomic E-state index is 0.306. The summed E-state index contributed by atoms with van der Waals surface area (Å²) in [4.78, 5) is 11.1. The van der Waals surface area contributed by atoms with Gasteiger partial charge in [0.25, 0.3) is 0 Å². The second kappa shape index (κ2) is 15.1. The number of carbonyl (C=O) groups excluding carboxylic acids is 1. The summed E-state index contributed by atoms with van der Waals surface area (Å²) in [5.41, 5.74) is 1.26. The van der Waals surface area contributed by atoms with Crippen LogP contribution in [0.3, 0.4) is 0 Å². The first kappa shape index (κ1) is 19.7. The number of unbranched alkanes of at least 4 members (excludes halogenated alkanes) is 9. The van der Waals surface area contributed by atoms with E-state index in [-0.39, 0.29) is 5.24 Å². The van der Waals surface area contributed by atoms with Crippen LogP contribution in [-0.2, 0) is 4.79 Å².